The zero-order chi connectivity index (χ0) is 15.8. The highest BCUT2D eigenvalue weighted by molar-refractivity contribution is 5.42. The molecule has 0 aliphatic heterocycles. The van der Waals surface area contributed by atoms with Crippen molar-refractivity contribution >= 4 is 5.69 Å². The molecule has 2 aromatic carbocycles. The van der Waals surface area contributed by atoms with Gasteiger partial charge in [-0.3, -0.25) is 0 Å². The lowest BCUT2D eigenvalue weighted by Crippen LogP contribution is -2.20. The van der Waals surface area contributed by atoms with Crippen LogP contribution in [0.2, 0.25) is 0 Å². The maximum absolute atomic E-state index is 12.8. The average Bonchev–Trinajstić information content (AvgIpc) is 2.51. The fourth-order valence-corrected chi connectivity index (χ4v) is 2.18. The molecule has 0 fully saturated rings. The summed E-state index contributed by atoms with van der Waals surface area (Å²) in [6.45, 7) is 1.66. The molecule has 118 valence electrons. The van der Waals surface area contributed by atoms with E-state index in [9.17, 15) is 13.2 Å². The largest absolute Gasteiger partial charge is 0.416 e. The van der Waals surface area contributed by atoms with E-state index in [1.807, 2.05) is 30.3 Å². The number of nitrogens with one attached hydrogen (secondary N) is 2. The summed E-state index contributed by atoms with van der Waals surface area (Å²) in [7, 11) is 0. The van der Waals surface area contributed by atoms with Gasteiger partial charge in [-0.05, 0) is 36.7 Å². The van der Waals surface area contributed by atoms with E-state index < -0.39 is 11.7 Å². The van der Waals surface area contributed by atoms with Crippen molar-refractivity contribution in [3.63, 3.8) is 0 Å². The quantitative estimate of drug-likeness (QED) is 0.745. The van der Waals surface area contributed by atoms with E-state index in [1.165, 1.54) is 12.1 Å². The molecular weight excluding hydrogens is 289 g/mol. The number of hydrogen-bond acceptors (Lipinski definition) is 2. The number of halogens is 3. The van der Waals surface area contributed by atoms with E-state index in [0.29, 0.717) is 6.54 Å². The summed E-state index contributed by atoms with van der Waals surface area (Å²) < 4.78 is 38.5. The van der Waals surface area contributed by atoms with Gasteiger partial charge in [0, 0.05) is 18.8 Å². The Morgan fingerprint density at radius 2 is 1.50 bits per heavy atom. The zero-order valence-corrected chi connectivity index (χ0v) is 12.2. The molecular formula is C17H19F3N2. The smallest absolute Gasteiger partial charge is 0.385 e. The average molecular weight is 308 g/mol. The lowest BCUT2D eigenvalue weighted by Gasteiger charge is -2.13. The van der Waals surface area contributed by atoms with Crippen LogP contribution in [0.1, 0.15) is 17.5 Å². The lowest BCUT2D eigenvalue weighted by molar-refractivity contribution is -0.138. The van der Waals surface area contributed by atoms with Crippen molar-refractivity contribution in [2.24, 2.45) is 0 Å². The van der Waals surface area contributed by atoms with E-state index in [1.54, 1.807) is 6.07 Å². The molecule has 0 amide bonds. The summed E-state index contributed by atoms with van der Waals surface area (Å²) >= 11 is 0. The molecule has 0 radical (unpaired) electrons. The number of para-hydroxylation sites is 1. The van der Waals surface area contributed by atoms with Crippen molar-refractivity contribution in [1.82, 2.24) is 5.32 Å². The van der Waals surface area contributed by atoms with Gasteiger partial charge in [0.15, 0.2) is 0 Å². The normalized spacial score (nSPS) is 11.4. The maximum atomic E-state index is 12.8. The molecule has 0 spiro atoms. The van der Waals surface area contributed by atoms with Crippen LogP contribution in [0.5, 0.6) is 0 Å². The van der Waals surface area contributed by atoms with E-state index >= 15 is 0 Å². The summed E-state index contributed by atoms with van der Waals surface area (Å²) in [5, 5.41) is 6.32. The van der Waals surface area contributed by atoms with Crippen molar-refractivity contribution in [2.75, 3.05) is 18.4 Å². The van der Waals surface area contributed by atoms with Crippen LogP contribution >= 0.6 is 0 Å². The second-order valence-electron chi connectivity index (χ2n) is 4.98. The number of anilines is 1. The van der Waals surface area contributed by atoms with Gasteiger partial charge in [-0.1, -0.05) is 36.4 Å². The Morgan fingerprint density at radius 3 is 2.23 bits per heavy atom. The second-order valence-corrected chi connectivity index (χ2v) is 4.98. The summed E-state index contributed by atoms with van der Waals surface area (Å²) in [5.41, 5.74) is 0.765. The Kier molecular flexibility index (Phi) is 5.83. The van der Waals surface area contributed by atoms with Crippen LogP contribution in [0.4, 0.5) is 18.9 Å². The number of alkyl halides is 3. The topological polar surface area (TPSA) is 24.1 Å². The number of rotatable bonds is 7. The molecule has 22 heavy (non-hydrogen) atoms. The molecule has 0 unspecified atom stereocenters. The molecule has 2 aromatic rings. The summed E-state index contributed by atoms with van der Waals surface area (Å²) in [6, 6.07) is 15.5. The Balaban J connectivity index is 1.71. The highest BCUT2D eigenvalue weighted by Gasteiger charge is 2.32. The van der Waals surface area contributed by atoms with E-state index in [4.69, 9.17) is 0 Å². The summed E-state index contributed by atoms with van der Waals surface area (Å²) in [4.78, 5) is 0. The molecule has 2 rings (SSSR count). The molecule has 2 nitrogen and oxygen atoms in total. The van der Waals surface area contributed by atoms with Gasteiger partial charge in [-0.2, -0.15) is 13.2 Å². The Labute approximate surface area is 128 Å². The molecule has 0 aromatic heterocycles. The van der Waals surface area contributed by atoms with Crippen molar-refractivity contribution in [3.05, 3.63) is 65.7 Å². The molecule has 0 aliphatic rings. The first-order chi connectivity index (χ1) is 10.6. The number of hydrogen-bond donors (Lipinski definition) is 2. The molecule has 2 N–H and O–H groups in total. The minimum absolute atomic E-state index is 0.223. The minimum Gasteiger partial charge on any atom is -0.385 e. The monoisotopic (exact) mass is 308 g/mol. The van der Waals surface area contributed by atoms with Gasteiger partial charge >= 0.3 is 6.18 Å². The summed E-state index contributed by atoms with van der Waals surface area (Å²) in [6.07, 6.45) is -3.46. The van der Waals surface area contributed by atoms with Crippen LogP contribution in [0, 0.1) is 0 Å². The third kappa shape index (κ3) is 5.07. The Hall–Kier alpha value is -2.01. The minimum atomic E-state index is -4.30. The van der Waals surface area contributed by atoms with Crippen LogP contribution in [0.3, 0.4) is 0 Å². The van der Waals surface area contributed by atoms with Gasteiger partial charge in [0.25, 0.3) is 0 Å². The SMILES string of the molecule is FC(F)(F)c1ccccc1CNCCCNc1ccccc1. The summed E-state index contributed by atoms with van der Waals surface area (Å²) in [5.74, 6) is 0. The predicted octanol–water partition coefficient (Wildman–Crippen LogP) is 4.30. The van der Waals surface area contributed by atoms with Gasteiger partial charge in [0.05, 0.1) is 5.56 Å². The van der Waals surface area contributed by atoms with E-state index in [2.05, 4.69) is 10.6 Å². The van der Waals surface area contributed by atoms with Crippen LogP contribution in [-0.2, 0) is 12.7 Å². The van der Waals surface area contributed by atoms with Gasteiger partial charge in [0.1, 0.15) is 0 Å². The molecule has 0 saturated carbocycles. The van der Waals surface area contributed by atoms with E-state index in [-0.39, 0.29) is 12.1 Å². The molecule has 5 heteroatoms. The van der Waals surface area contributed by atoms with Gasteiger partial charge in [-0.15, -0.1) is 0 Å². The first-order valence-corrected chi connectivity index (χ1v) is 7.22. The predicted molar refractivity (Wildman–Crippen MR) is 82.7 cm³/mol. The van der Waals surface area contributed by atoms with Crippen LogP contribution in [0.25, 0.3) is 0 Å². The van der Waals surface area contributed by atoms with Crippen molar-refractivity contribution in [2.45, 2.75) is 19.1 Å². The molecule has 0 aliphatic carbocycles. The molecule has 0 saturated heterocycles. The van der Waals surface area contributed by atoms with Crippen molar-refractivity contribution in [3.8, 4) is 0 Å². The highest BCUT2D eigenvalue weighted by Crippen LogP contribution is 2.31. The van der Waals surface area contributed by atoms with Crippen molar-refractivity contribution in [1.29, 1.82) is 0 Å². The number of benzene rings is 2. The fraction of sp³-hybridized carbons (Fsp3) is 0.294. The maximum Gasteiger partial charge on any atom is 0.416 e. The molecule has 0 heterocycles. The van der Waals surface area contributed by atoms with Gasteiger partial charge in [-0.25, -0.2) is 0 Å². The molecule has 0 atom stereocenters. The third-order valence-electron chi connectivity index (χ3n) is 3.27. The first-order valence-electron chi connectivity index (χ1n) is 7.22. The van der Waals surface area contributed by atoms with Crippen LogP contribution < -0.4 is 10.6 Å². The fourth-order valence-electron chi connectivity index (χ4n) is 2.18. The van der Waals surface area contributed by atoms with E-state index in [0.717, 1.165) is 24.7 Å². The Bertz CT molecular complexity index is 568. The highest BCUT2D eigenvalue weighted by atomic mass is 19.4. The standard InChI is InChI=1S/C17H19F3N2/c18-17(19,20)16-10-5-4-7-14(16)13-21-11-6-12-22-15-8-2-1-3-9-15/h1-5,7-10,21-22H,6,11-13H2. The second kappa shape index (κ2) is 7.84. The third-order valence-corrected chi connectivity index (χ3v) is 3.27. The van der Waals surface area contributed by atoms with Crippen LogP contribution in [0.15, 0.2) is 54.6 Å². The van der Waals surface area contributed by atoms with Crippen LogP contribution in [-0.4, -0.2) is 13.1 Å². The first kappa shape index (κ1) is 16.4. The molecule has 0 bridgehead atoms. The lowest BCUT2D eigenvalue weighted by atomic mass is 10.1. The van der Waals surface area contributed by atoms with Gasteiger partial charge < -0.3 is 10.6 Å². The van der Waals surface area contributed by atoms with Crippen molar-refractivity contribution < 1.29 is 13.2 Å². The Morgan fingerprint density at radius 1 is 0.818 bits per heavy atom. The zero-order valence-electron chi connectivity index (χ0n) is 12.2. The van der Waals surface area contributed by atoms with Gasteiger partial charge in [0.2, 0.25) is 0 Å².